The molecule has 18 heavy (non-hydrogen) atoms. The highest BCUT2D eigenvalue weighted by Gasteiger charge is 2.27. The molecule has 0 aromatic heterocycles. The van der Waals surface area contributed by atoms with E-state index in [1.165, 1.54) is 6.07 Å². The van der Waals surface area contributed by atoms with Gasteiger partial charge in [-0.25, -0.2) is 8.78 Å². The Bertz CT molecular complexity index is 431. The third-order valence-corrected chi connectivity index (χ3v) is 3.50. The Labute approximate surface area is 105 Å². The second-order valence-electron chi connectivity index (χ2n) is 5.13. The molecule has 1 aromatic carbocycles. The summed E-state index contributed by atoms with van der Waals surface area (Å²) in [5.41, 5.74) is 5.94. The molecule has 1 saturated heterocycles. The molecule has 100 valence electrons. The quantitative estimate of drug-likeness (QED) is 0.817. The fraction of sp³-hybridized carbons (Fsp3) is 0.538. The van der Waals surface area contributed by atoms with Gasteiger partial charge in [0.25, 0.3) is 0 Å². The summed E-state index contributed by atoms with van der Waals surface area (Å²) in [5.74, 6) is -1.35. The number of nitrogen functional groups attached to an aromatic ring is 1. The lowest BCUT2D eigenvalue weighted by Crippen LogP contribution is -2.33. The summed E-state index contributed by atoms with van der Waals surface area (Å²) in [6.07, 6.45) is 1.86. The third kappa shape index (κ3) is 2.90. The zero-order valence-corrected chi connectivity index (χ0v) is 10.4. The van der Waals surface area contributed by atoms with Gasteiger partial charge in [0.1, 0.15) is 5.82 Å². The van der Waals surface area contributed by atoms with Crippen LogP contribution in [-0.4, -0.2) is 19.8 Å². The van der Waals surface area contributed by atoms with E-state index in [1.807, 2.05) is 0 Å². The van der Waals surface area contributed by atoms with Crippen molar-refractivity contribution < 1.29 is 13.5 Å². The zero-order chi connectivity index (χ0) is 13.2. The van der Waals surface area contributed by atoms with Crippen molar-refractivity contribution in [1.82, 2.24) is 0 Å². The van der Waals surface area contributed by atoms with Crippen molar-refractivity contribution in [2.24, 2.45) is 5.41 Å². The SMILES string of the molecule is CC1(CNc2cc(F)cc(F)c2N)CCOCC1. The first-order chi connectivity index (χ1) is 8.50. The molecule has 0 radical (unpaired) electrons. The molecule has 1 heterocycles. The highest BCUT2D eigenvalue weighted by molar-refractivity contribution is 5.66. The van der Waals surface area contributed by atoms with Gasteiger partial charge in [-0.2, -0.15) is 0 Å². The predicted octanol–water partition coefficient (Wildman–Crippen LogP) is 2.78. The minimum absolute atomic E-state index is 0.0351. The Morgan fingerprint density at radius 2 is 2.00 bits per heavy atom. The second kappa shape index (κ2) is 5.10. The van der Waals surface area contributed by atoms with Crippen molar-refractivity contribution in [2.75, 3.05) is 30.8 Å². The van der Waals surface area contributed by atoms with E-state index < -0.39 is 11.6 Å². The van der Waals surface area contributed by atoms with E-state index in [9.17, 15) is 8.78 Å². The summed E-state index contributed by atoms with van der Waals surface area (Å²) < 4.78 is 31.7. The minimum Gasteiger partial charge on any atom is -0.395 e. The average Bonchev–Trinajstić information content (AvgIpc) is 2.33. The van der Waals surface area contributed by atoms with Crippen LogP contribution in [0.4, 0.5) is 20.2 Å². The monoisotopic (exact) mass is 256 g/mol. The van der Waals surface area contributed by atoms with Crippen LogP contribution in [-0.2, 0) is 4.74 Å². The van der Waals surface area contributed by atoms with Crippen molar-refractivity contribution in [3.8, 4) is 0 Å². The van der Waals surface area contributed by atoms with Crippen LogP contribution < -0.4 is 11.1 Å². The van der Waals surface area contributed by atoms with E-state index in [0.29, 0.717) is 12.2 Å². The molecule has 0 unspecified atom stereocenters. The topological polar surface area (TPSA) is 47.3 Å². The van der Waals surface area contributed by atoms with Crippen LogP contribution >= 0.6 is 0 Å². The molecule has 0 amide bonds. The average molecular weight is 256 g/mol. The van der Waals surface area contributed by atoms with Crippen LogP contribution in [0.2, 0.25) is 0 Å². The number of nitrogens with two attached hydrogens (primary N) is 1. The Balaban J connectivity index is 2.05. The highest BCUT2D eigenvalue weighted by Crippen LogP contribution is 2.31. The first-order valence-electron chi connectivity index (χ1n) is 6.06. The number of benzene rings is 1. The Morgan fingerprint density at radius 1 is 1.33 bits per heavy atom. The van der Waals surface area contributed by atoms with Gasteiger partial charge in [-0.3, -0.25) is 0 Å². The van der Waals surface area contributed by atoms with E-state index in [2.05, 4.69) is 12.2 Å². The molecular weight excluding hydrogens is 238 g/mol. The molecule has 0 aliphatic carbocycles. The summed E-state index contributed by atoms with van der Waals surface area (Å²) in [7, 11) is 0. The van der Waals surface area contributed by atoms with Gasteiger partial charge in [0.15, 0.2) is 5.82 Å². The van der Waals surface area contributed by atoms with Gasteiger partial charge in [0, 0.05) is 25.8 Å². The largest absolute Gasteiger partial charge is 0.395 e. The van der Waals surface area contributed by atoms with Gasteiger partial charge in [0.05, 0.1) is 11.4 Å². The number of anilines is 2. The maximum absolute atomic E-state index is 13.3. The Morgan fingerprint density at radius 3 is 2.67 bits per heavy atom. The maximum Gasteiger partial charge on any atom is 0.151 e. The minimum atomic E-state index is -0.727. The molecule has 5 heteroatoms. The number of hydrogen-bond acceptors (Lipinski definition) is 3. The van der Waals surface area contributed by atoms with E-state index in [0.717, 1.165) is 32.1 Å². The molecule has 0 spiro atoms. The van der Waals surface area contributed by atoms with Crippen molar-refractivity contribution in [3.63, 3.8) is 0 Å². The number of ether oxygens (including phenoxy) is 1. The zero-order valence-electron chi connectivity index (χ0n) is 10.4. The fourth-order valence-corrected chi connectivity index (χ4v) is 2.08. The molecular formula is C13H18F2N2O. The fourth-order valence-electron chi connectivity index (χ4n) is 2.08. The third-order valence-electron chi connectivity index (χ3n) is 3.50. The van der Waals surface area contributed by atoms with Crippen LogP contribution in [0.5, 0.6) is 0 Å². The number of rotatable bonds is 3. The molecule has 1 aliphatic rings. The molecule has 1 fully saturated rings. The summed E-state index contributed by atoms with van der Waals surface area (Å²) in [6.45, 7) is 4.22. The van der Waals surface area contributed by atoms with Crippen molar-refractivity contribution in [3.05, 3.63) is 23.8 Å². The van der Waals surface area contributed by atoms with Crippen molar-refractivity contribution in [1.29, 1.82) is 0 Å². The number of hydrogen-bond donors (Lipinski definition) is 2. The Hall–Kier alpha value is -1.36. The Kier molecular flexibility index (Phi) is 3.71. The lowest BCUT2D eigenvalue weighted by atomic mass is 9.82. The lowest BCUT2D eigenvalue weighted by Gasteiger charge is -2.34. The molecule has 0 saturated carbocycles. The molecule has 1 aromatic rings. The van der Waals surface area contributed by atoms with Crippen LogP contribution in [0.1, 0.15) is 19.8 Å². The predicted molar refractivity (Wildman–Crippen MR) is 67.4 cm³/mol. The standard InChI is InChI=1S/C13H18F2N2O/c1-13(2-4-18-5-3-13)8-17-11-7-9(14)6-10(15)12(11)16/h6-7,17H,2-5,8,16H2,1H3. The molecule has 0 atom stereocenters. The molecule has 1 aliphatic heterocycles. The molecule has 3 nitrogen and oxygen atoms in total. The first-order valence-corrected chi connectivity index (χ1v) is 6.06. The van der Waals surface area contributed by atoms with Crippen molar-refractivity contribution >= 4 is 11.4 Å². The second-order valence-corrected chi connectivity index (χ2v) is 5.13. The lowest BCUT2D eigenvalue weighted by molar-refractivity contribution is 0.0300. The smallest absolute Gasteiger partial charge is 0.151 e. The summed E-state index contributed by atoms with van der Waals surface area (Å²) >= 11 is 0. The van der Waals surface area contributed by atoms with E-state index in [1.54, 1.807) is 0 Å². The first kappa shape index (κ1) is 13.1. The molecule has 2 rings (SSSR count). The summed E-state index contributed by atoms with van der Waals surface area (Å²) in [6, 6.07) is 2.01. The molecule has 3 N–H and O–H groups in total. The molecule has 0 bridgehead atoms. The van der Waals surface area contributed by atoms with Crippen molar-refractivity contribution in [2.45, 2.75) is 19.8 Å². The van der Waals surface area contributed by atoms with Gasteiger partial charge in [-0.05, 0) is 24.3 Å². The van der Waals surface area contributed by atoms with E-state index in [-0.39, 0.29) is 11.1 Å². The van der Waals surface area contributed by atoms with E-state index >= 15 is 0 Å². The van der Waals surface area contributed by atoms with Gasteiger partial charge in [0.2, 0.25) is 0 Å². The number of halogens is 2. The highest BCUT2D eigenvalue weighted by atomic mass is 19.1. The van der Waals surface area contributed by atoms with Crippen LogP contribution in [0.3, 0.4) is 0 Å². The van der Waals surface area contributed by atoms with E-state index in [4.69, 9.17) is 10.5 Å². The normalized spacial score (nSPS) is 18.6. The van der Waals surface area contributed by atoms with Gasteiger partial charge < -0.3 is 15.8 Å². The van der Waals surface area contributed by atoms with Crippen LogP contribution in [0.25, 0.3) is 0 Å². The maximum atomic E-state index is 13.3. The summed E-state index contributed by atoms with van der Waals surface area (Å²) in [4.78, 5) is 0. The summed E-state index contributed by atoms with van der Waals surface area (Å²) in [5, 5.41) is 3.04. The number of nitrogens with one attached hydrogen (secondary N) is 1. The van der Waals surface area contributed by atoms with Crippen LogP contribution in [0, 0.1) is 17.0 Å². The van der Waals surface area contributed by atoms with Gasteiger partial charge >= 0.3 is 0 Å². The van der Waals surface area contributed by atoms with Gasteiger partial charge in [-0.15, -0.1) is 0 Å². The van der Waals surface area contributed by atoms with Gasteiger partial charge in [-0.1, -0.05) is 6.92 Å². The van der Waals surface area contributed by atoms with Crippen LogP contribution in [0.15, 0.2) is 12.1 Å².